The first-order valence-electron chi connectivity index (χ1n) is 7.67. The SMILES string of the molecule is COC(=O)C(C[C@H]1O[C@@H](n2ccc(=O)[nH]c2=O)[C@@H](OC)C1O)C(=O)OC. The van der Waals surface area contributed by atoms with Gasteiger partial charge in [0.2, 0.25) is 0 Å². The molecule has 1 aromatic rings. The minimum Gasteiger partial charge on any atom is -0.468 e. The third kappa shape index (κ3) is 3.84. The number of H-pyrrole nitrogens is 1. The van der Waals surface area contributed by atoms with Crippen LogP contribution in [0.1, 0.15) is 12.6 Å². The van der Waals surface area contributed by atoms with Crippen molar-refractivity contribution in [1.82, 2.24) is 9.55 Å². The van der Waals surface area contributed by atoms with Crippen LogP contribution >= 0.6 is 0 Å². The van der Waals surface area contributed by atoms with Crippen molar-refractivity contribution in [1.29, 1.82) is 0 Å². The minimum atomic E-state index is -1.31. The topological polar surface area (TPSA) is 146 Å². The van der Waals surface area contributed by atoms with Crippen LogP contribution in [-0.2, 0) is 28.5 Å². The zero-order valence-corrected chi connectivity index (χ0v) is 14.4. The minimum absolute atomic E-state index is 0.241. The van der Waals surface area contributed by atoms with E-state index in [0.717, 1.165) is 24.9 Å². The molecule has 1 aliphatic rings. The van der Waals surface area contributed by atoms with E-state index in [2.05, 4.69) is 14.5 Å². The summed E-state index contributed by atoms with van der Waals surface area (Å²) < 4.78 is 21.1. The molecule has 144 valence electrons. The Balaban J connectivity index is 2.28. The maximum absolute atomic E-state index is 12.0. The van der Waals surface area contributed by atoms with E-state index in [9.17, 15) is 24.3 Å². The summed E-state index contributed by atoms with van der Waals surface area (Å²) in [6.07, 6.45) is -3.35. The molecular formula is C15H20N2O9. The van der Waals surface area contributed by atoms with Gasteiger partial charge in [0.1, 0.15) is 12.2 Å². The van der Waals surface area contributed by atoms with Gasteiger partial charge in [0.25, 0.3) is 5.56 Å². The molecule has 2 rings (SSSR count). The van der Waals surface area contributed by atoms with Crippen LogP contribution in [0.4, 0.5) is 0 Å². The van der Waals surface area contributed by atoms with Gasteiger partial charge in [0.05, 0.1) is 20.3 Å². The lowest BCUT2D eigenvalue weighted by atomic mass is 9.97. The predicted molar refractivity (Wildman–Crippen MR) is 84.2 cm³/mol. The number of aromatic nitrogens is 2. The summed E-state index contributed by atoms with van der Waals surface area (Å²) in [4.78, 5) is 48.9. The van der Waals surface area contributed by atoms with Gasteiger partial charge in [-0.05, 0) is 0 Å². The number of nitrogens with zero attached hydrogens (tertiary/aromatic N) is 1. The van der Waals surface area contributed by atoms with Gasteiger partial charge >= 0.3 is 17.6 Å². The van der Waals surface area contributed by atoms with Gasteiger partial charge in [0, 0.05) is 25.8 Å². The van der Waals surface area contributed by atoms with Crippen molar-refractivity contribution in [2.24, 2.45) is 5.92 Å². The lowest BCUT2D eigenvalue weighted by Gasteiger charge is -2.20. The summed E-state index contributed by atoms with van der Waals surface area (Å²) in [6, 6.07) is 1.11. The van der Waals surface area contributed by atoms with Gasteiger partial charge in [-0.3, -0.25) is 23.9 Å². The number of rotatable bonds is 6. The normalized spacial score (nSPS) is 25.3. The third-order valence-corrected chi connectivity index (χ3v) is 4.15. The number of methoxy groups -OCH3 is 3. The molecule has 0 aliphatic carbocycles. The number of esters is 2. The molecule has 1 fully saturated rings. The predicted octanol–water partition coefficient (Wildman–Crippen LogP) is -1.84. The number of aliphatic hydroxyl groups excluding tert-OH is 1. The second-order valence-electron chi connectivity index (χ2n) is 5.61. The van der Waals surface area contributed by atoms with E-state index in [1.807, 2.05) is 0 Å². The molecule has 0 aromatic carbocycles. The smallest absolute Gasteiger partial charge is 0.330 e. The summed E-state index contributed by atoms with van der Waals surface area (Å²) >= 11 is 0. The lowest BCUT2D eigenvalue weighted by Crippen LogP contribution is -2.39. The molecule has 0 radical (unpaired) electrons. The average molecular weight is 372 g/mol. The maximum Gasteiger partial charge on any atom is 0.330 e. The summed E-state index contributed by atoms with van der Waals surface area (Å²) in [7, 11) is 3.54. The molecule has 0 spiro atoms. The Hall–Kier alpha value is -2.50. The van der Waals surface area contributed by atoms with E-state index in [-0.39, 0.29) is 6.42 Å². The summed E-state index contributed by atoms with van der Waals surface area (Å²) in [5.74, 6) is -2.99. The average Bonchev–Trinajstić information content (AvgIpc) is 2.93. The molecule has 1 aliphatic heterocycles. The van der Waals surface area contributed by atoms with Gasteiger partial charge in [-0.25, -0.2) is 4.79 Å². The fraction of sp³-hybridized carbons (Fsp3) is 0.600. The molecule has 4 atom stereocenters. The molecule has 1 unspecified atom stereocenters. The van der Waals surface area contributed by atoms with Crippen molar-refractivity contribution >= 4 is 11.9 Å². The summed E-state index contributed by atoms with van der Waals surface area (Å²) in [5, 5.41) is 10.4. The number of aliphatic hydroxyl groups is 1. The van der Waals surface area contributed by atoms with Gasteiger partial charge in [-0.15, -0.1) is 0 Å². The molecule has 0 saturated carbocycles. The first-order valence-corrected chi connectivity index (χ1v) is 7.67. The van der Waals surface area contributed by atoms with Gasteiger partial charge in [-0.1, -0.05) is 0 Å². The fourth-order valence-corrected chi connectivity index (χ4v) is 2.83. The van der Waals surface area contributed by atoms with Gasteiger partial charge in [0.15, 0.2) is 12.1 Å². The van der Waals surface area contributed by atoms with E-state index in [4.69, 9.17) is 9.47 Å². The summed E-state index contributed by atoms with van der Waals surface area (Å²) in [5.41, 5.74) is -1.35. The highest BCUT2D eigenvalue weighted by Crippen LogP contribution is 2.33. The number of ether oxygens (including phenoxy) is 4. The second kappa shape index (κ2) is 8.25. The largest absolute Gasteiger partial charge is 0.468 e. The van der Waals surface area contributed by atoms with Crippen molar-refractivity contribution in [3.05, 3.63) is 33.1 Å². The first kappa shape index (κ1) is 19.8. The van der Waals surface area contributed by atoms with Crippen molar-refractivity contribution < 1.29 is 33.6 Å². The van der Waals surface area contributed by atoms with Crippen molar-refractivity contribution in [3.8, 4) is 0 Å². The van der Waals surface area contributed by atoms with Crippen LogP contribution < -0.4 is 11.2 Å². The molecule has 0 amide bonds. The molecular weight excluding hydrogens is 352 g/mol. The zero-order chi connectivity index (χ0) is 19.4. The monoisotopic (exact) mass is 372 g/mol. The van der Waals surface area contributed by atoms with E-state index in [0.29, 0.717) is 0 Å². The molecule has 11 heteroatoms. The Labute approximate surface area is 147 Å². The number of hydrogen-bond donors (Lipinski definition) is 2. The highest BCUT2D eigenvalue weighted by atomic mass is 16.6. The van der Waals surface area contributed by atoms with Crippen LogP contribution in [0.25, 0.3) is 0 Å². The highest BCUT2D eigenvalue weighted by Gasteiger charge is 2.48. The molecule has 1 aromatic heterocycles. The summed E-state index contributed by atoms with van der Waals surface area (Å²) in [6.45, 7) is 0. The molecule has 11 nitrogen and oxygen atoms in total. The Morgan fingerprint density at radius 1 is 1.27 bits per heavy atom. The fourth-order valence-electron chi connectivity index (χ4n) is 2.83. The maximum atomic E-state index is 12.0. The van der Waals surface area contributed by atoms with Gasteiger partial charge in [-0.2, -0.15) is 0 Å². The van der Waals surface area contributed by atoms with Crippen LogP contribution in [0.3, 0.4) is 0 Å². The molecule has 26 heavy (non-hydrogen) atoms. The van der Waals surface area contributed by atoms with Crippen molar-refractivity contribution in [2.75, 3.05) is 21.3 Å². The Kier molecular flexibility index (Phi) is 6.29. The van der Waals surface area contributed by atoms with Crippen LogP contribution in [0, 0.1) is 5.92 Å². The number of hydrogen-bond acceptors (Lipinski definition) is 9. The van der Waals surface area contributed by atoms with E-state index < -0.39 is 53.6 Å². The van der Waals surface area contributed by atoms with Crippen LogP contribution in [0.15, 0.2) is 21.9 Å². The molecule has 2 N–H and O–H groups in total. The van der Waals surface area contributed by atoms with E-state index in [1.165, 1.54) is 13.3 Å². The highest BCUT2D eigenvalue weighted by molar-refractivity contribution is 5.94. The number of aromatic amines is 1. The Morgan fingerprint density at radius 2 is 1.88 bits per heavy atom. The van der Waals surface area contributed by atoms with Crippen LogP contribution in [-0.4, -0.2) is 66.2 Å². The zero-order valence-electron chi connectivity index (χ0n) is 14.4. The van der Waals surface area contributed by atoms with Crippen LogP contribution in [0.5, 0.6) is 0 Å². The quantitative estimate of drug-likeness (QED) is 0.434. The molecule has 1 saturated heterocycles. The second-order valence-corrected chi connectivity index (χ2v) is 5.61. The molecule has 2 heterocycles. The van der Waals surface area contributed by atoms with Crippen LogP contribution in [0.2, 0.25) is 0 Å². The van der Waals surface area contributed by atoms with E-state index in [1.54, 1.807) is 0 Å². The van der Waals surface area contributed by atoms with Crippen molar-refractivity contribution in [2.45, 2.75) is 31.0 Å². The third-order valence-electron chi connectivity index (χ3n) is 4.15. The number of carbonyl (C=O) groups is 2. The number of carbonyl (C=O) groups excluding carboxylic acids is 2. The molecule has 0 bridgehead atoms. The Bertz CT molecular complexity index is 755. The van der Waals surface area contributed by atoms with Crippen molar-refractivity contribution in [3.63, 3.8) is 0 Å². The Morgan fingerprint density at radius 3 is 2.38 bits per heavy atom. The standard InChI is InChI=1S/C15H20N2O9/c1-23-11-10(19)8(6-7(13(20)24-2)14(21)25-3)26-12(11)17-5-4-9(18)16-15(17)22/h4-5,7-8,10-12,19H,6H2,1-3H3,(H,16,18,22)/t8-,10?,11+,12-/m1/s1. The lowest BCUT2D eigenvalue weighted by molar-refractivity contribution is -0.161. The number of nitrogens with one attached hydrogen (secondary N) is 1. The van der Waals surface area contributed by atoms with Gasteiger partial charge < -0.3 is 24.1 Å². The van der Waals surface area contributed by atoms with E-state index >= 15 is 0 Å². The first-order chi connectivity index (χ1) is 12.3.